The topological polar surface area (TPSA) is 85.3 Å². The molecule has 0 aromatic carbocycles. The Bertz CT molecular complexity index is 712. The number of hydrogen-bond acceptors (Lipinski definition) is 6. The first-order valence-corrected chi connectivity index (χ1v) is 8.18. The van der Waals surface area contributed by atoms with Crippen molar-refractivity contribution in [3.8, 4) is 0 Å². The second-order valence-electron chi connectivity index (χ2n) is 6.49. The molecule has 1 amide bonds. The molecule has 0 unspecified atom stereocenters. The van der Waals surface area contributed by atoms with Crippen molar-refractivity contribution in [2.24, 2.45) is 0 Å². The van der Waals surface area contributed by atoms with Gasteiger partial charge in [0.25, 0.3) is 0 Å². The van der Waals surface area contributed by atoms with Crippen molar-refractivity contribution in [3.05, 3.63) is 28.7 Å². The lowest BCUT2D eigenvalue weighted by atomic mass is 10.1. The van der Waals surface area contributed by atoms with E-state index in [1.807, 2.05) is 18.7 Å². The van der Waals surface area contributed by atoms with Crippen molar-refractivity contribution < 1.29 is 13.8 Å². The Morgan fingerprint density at radius 2 is 2.04 bits per heavy atom. The van der Waals surface area contributed by atoms with Gasteiger partial charge in [-0.25, -0.2) is 0 Å². The molecule has 2 aromatic rings. The van der Waals surface area contributed by atoms with Crippen LogP contribution in [0.3, 0.4) is 0 Å². The van der Waals surface area contributed by atoms with Crippen molar-refractivity contribution in [1.29, 1.82) is 0 Å². The second kappa shape index (κ2) is 5.47. The van der Waals surface area contributed by atoms with Crippen molar-refractivity contribution in [2.45, 2.75) is 57.9 Å². The predicted octanol–water partition coefficient (Wildman–Crippen LogP) is 2.46. The van der Waals surface area contributed by atoms with E-state index >= 15 is 0 Å². The molecule has 1 aliphatic heterocycles. The summed E-state index contributed by atoms with van der Waals surface area (Å²) in [6, 6.07) is -0.0702. The number of rotatable bonds is 4. The molecular weight excluding hydrogens is 296 g/mol. The van der Waals surface area contributed by atoms with Crippen LogP contribution in [0.15, 0.2) is 9.05 Å². The lowest BCUT2D eigenvalue weighted by Crippen LogP contribution is -2.32. The first-order valence-electron chi connectivity index (χ1n) is 8.18. The third-order valence-electron chi connectivity index (χ3n) is 4.76. The minimum Gasteiger partial charge on any atom is -0.361 e. The van der Waals surface area contributed by atoms with Gasteiger partial charge in [0.2, 0.25) is 11.8 Å². The molecule has 0 bridgehead atoms. The van der Waals surface area contributed by atoms with Crippen LogP contribution in [0.4, 0.5) is 0 Å². The highest BCUT2D eigenvalue weighted by atomic mass is 16.5. The van der Waals surface area contributed by atoms with Crippen LogP contribution in [0.1, 0.15) is 66.4 Å². The number of aryl methyl sites for hydroxylation is 2. The van der Waals surface area contributed by atoms with Gasteiger partial charge >= 0.3 is 0 Å². The van der Waals surface area contributed by atoms with E-state index in [1.54, 1.807) is 0 Å². The molecule has 23 heavy (non-hydrogen) atoms. The van der Waals surface area contributed by atoms with Gasteiger partial charge in [0.15, 0.2) is 5.82 Å². The Labute approximate surface area is 134 Å². The van der Waals surface area contributed by atoms with Crippen LogP contribution in [0, 0.1) is 13.8 Å². The van der Waals surface area contributed by atoms with Gasteiger partial charge in [0, 0.05) is 18.0 Å². The molecule has 2 fully saturated rings. The van der Waals surface area contributed by atoms with Gasteiger partial charge < -0.3 is 13.9 Å². The van der Waals surface area contributed by atoms with E-state index in [2.05, 4.69) is 15.3 Å². The highest BCUT2D eigenvalue weighted by Crippen LogP contribution is 2.40. The fourth-order valence-corrected chi connectivity index (χ4v) is 3.22. The van der Waals surface area contributed by atoms with E-state index in [1.165, 1.54) is 0 Å². The molecule has 3 heterocycles. The number of hydrogen-bond donors (Lipinski definition) is 0. The monoisotopic (exact) mass is 316 g/mol. The van der Waals surface area contributed by atoms with Gasteiger partial charge in [0.1, 0.15) is 5.76 Å². The number of carbonyl (C=O) groups excluding carboxylic acids is 1. The van der Waals surface area contributed by atoms with Gasteiger partial charge in [-0.05, 0) is 39.5 Å². The van der Waals surface area contributed by atoms with Crippen molar-refractivity contribution in [3.63, 3.8) is 0 Å². The maximum absolute atomic E-state index is 12.7. The molecule has 0 spiro atoms. The van der Waals surface area contributed by atoms with Gasteiger partial charge in [-0.1, -0.05) is 10.3 Å². The zero-order valence-corrected chi connectivity index (χ0v) is 13.4. The lowest BCUT2D eigenvalue weighted by molar-refractivity contribution is -0.131. The zero-order valence-electron chi connectivity index (χ0n) is 13.4. The standard InChI is InChI=1S/C16H20N4O3/c1-9-12(10(2)22-18-9)8-14(21)20-7-3-4-13(20)15-17-16(23-19-15)11-5-6-11/h11,13H,3-8H2,1-2H3/t13-/m1/s1. The second-order valence-corrected chi connectivity index (χ2v) is 6.49. The molecule has 1 saturated carbocycles. The molecule has 0 radical (unpaired) electrons. The summed E-state index contributed by atoms with van der Waals surface area (Å²) in [6.45, 7) is 4.44. The summed E-state index contributed by atoms with van der Waals surface area (Å²) in [5.74, 6) is 2.59. The quantitative estimate of drug-likeness (QED) is 0.861. The molecule has 2 aliphatic rings. The largest absolute Gasteiger partial charge is 0.361 e. The van der Waals surface area contributed by atoms with E-state index in [9.17, 15) is 4.79 Å². The molecule has 1 atom stereocenters. The molecule has 7 nitrogen and oxygen atoms in total. The molecular formula is C16H20N4O3. The van der Waals surface area contributed by atoms with Crippen LogP contribution in [0.2, 0.25) is 0 Å². The van der Waals surface area contributed by atoms with Crippen molar-refractivity contribution in [1.82, 2.24) is 20.2 Å². The van der Waals surface area contributed by atoms with Crippen LogP contribution in [0.25, 0.3) is 0 Å². The van der Waals surface area contributed by atoms with E-state index in [4.69, 9.17) is 9.05 Å². The average molecular weight is 316 g/mol. The molecule has 7 heteroatoms. The van der Waals surface area contributed by atoms with Crippen molar-refractivity contribution in [2.75, 3.05) is 6.54 Å². The molecule has 2 aromatic heterocycles. The normalized spacial score (nSPS) is 21.1. The van der Waals surface area contributed by atoms with Gasteiger partial charge in [-0.3, -0.25) is 4.79 Å². The van der Waals surface area contributed by atoms with Crippen LogP contribution in [0.5, 0.6) is 0 Å². The van der Waals surface area contributed by atoms with Gasteiger partial charge in [-0.15, -0.1) is 0 Å². The van der Waals surface area contributed by atoms with Crippen molar-refractivity contribution >= 4 is 5.91 Å². The molecule has 1 aliphatic carbocycles. The molecule has 122 valence electrons. The maximum Gasteiger partial charge on any atom is 0.229 e. The minimum atomic E-state index is -0.0702. The summed E-state index contributed by atoms with van der Waals surface area (Å²) in [7, 11) is 0. The minimum absolute atomic E-state index is 0.0691. The summed E-state index contributed by atoms with van der Waals surface area (Å²) in [6.07, 6.45) is 4.41. The summed E-state index contributed by atoms with van der Waals surface area (Å²) in [5, 5.41) is 8.03. The van der Waals surface area contributed by atoms with Crippen LogP contribution in [-0.2, 0) is 11.2 Å². The fraction of sp³-hybridized carbons (Fsp3) is 0.625. The average Bonchev–Trinajstić information content (AvgIpc) is 2.97. The molecule has 0 N–H and O–H groups in total. The Morgan fingerprint density at radius 1 is 1.22 bits per heavy atom. The Balaban J connectivity index is 1.51. The first-order chi connectivity index (χ1) is 11.1. The Kier molecular flexibility index (Phi) is 3.43. The third-order valence-corrected chi connectivity index (χ3v) is 4.76. The number of carbonyl (C=O) groups is 1. The van der Waals surface area contributed by atoms with Crippen LogP contribution >= 0.6 is 0 Å². The zero-order chi connectivity index (χ0) is 16.0. The van der Waals surface area contributed by atoms with Gasteiger partial charge in [-0.2, -0.15) is 4.98 Å². The summed E-state index contributed by atoms with van der Waals surface area (Å²) >= 11 is 0. The van der Waals surface area contributed by atoms with E-state index in [0.717, 1.165) is 49.4 Å². The first kappa shape index (κ1) is 14.4. The van der Waals surface area contributed by atoms with E-state index < -0.39 is 0 Å². The summed E-state index contributed by atoms with van der Waals surface area (Å²) in [5.41, 5.74) is 1.66. The smallest absolute Gasteiger partial charge is 0.229 e. The number of amides is 1. The highest BCUT2D eigenvalue weighted by Gasteiger charge is 2.36. The third kappa shape index (κ3) is 2.64. The number of likely N-dealkylation sites (tertiary alicyclic amines) is 1. The predicted molar refractivity (Wildman–Crippen MR) is 79.6 cm³/mol. The fourth-order valence-electron chi connectivity index (χ4n) is 3.22. The number of nitrogens with zero attached hydrogens (tertiary/aromatic N) is 4. The summed E-state index contributed by atoms with van der Waals surface area (Å²) in [4.78, 5) is 19.1. The Morgan fingerprint density at radius 3 is 2.74 bits per heavy atom. The SMILES string of the molecule is Cc1noc(C)c1CC(=O)N1CCC[C@@H]1c1noc(C2CC2)n1. The summed E-state index contributed by atoms with van der Waals surface area (Å²) < 4.78 is 10.5. The highest BCUT2D eigenvalue weighted by molar-refractivity contribution is 5.79. The van der Waals surface area contributed by atoms with Crippen LogP contribution < -0.4 is 0 Å². The van der Waals surface area contributed by atoms with E-state index in [0.29, 0.717) is 23.9 Å². The van der Waals surface area contributed by atoms with E-state index in [-0.39, 0.29) is 11.9 Å². The molecule has 4 rings (SSSR count). The number of aromatic nitrogens is 3. The molecule has 1 saturated heterocycles. The maximum atomic E-state index is 12.7. The van der Waals surface area contributed by atoms with Crippen LogP contribution in [-0.4, -0.2) is 32.6 Å². The van der Waals surface area contributed by atoms with Gasteiger partial charge in [0.05, 0.1) is 18.2 Å². The lowest BCUT2D eigenvalue weighted by Gasteiger charge is -2.22. The Hall–Kier alpha value is -2.18.